The number of nitrogens with one attached hydrogen (secondary N) is 1. The number of hydrogen-bond donors (Lipinski definition) is 2. The van der Waals surface area contributed by atoms with Crippen molar-refractivity contribution < 1.29 is 14.6 Å². The summed E-state index contributed by atoms with van der Waals surface area (Å²) in [5.41, 5.74) is 2.42. The molecular weight excluding hydrogens is 386 g/mol. The van der Waals surface area contributed by atoms with Crippen LogP contribution in [0.15, 0.2) is 60.9 Å². The topological polar surface area (TPSA) is 84.3 Å². The maximum Gasteiger partial charge on any atom is 0.150 e. The van der Waals surface area contributed by atoms with Gasteiger partial charge in [-0.2, -0.15) is 0 Å². The van der Waals surface area contributed by atoms with Gasteiger partial charge >= 0.3 is 0 Å². The van der Waals surface area contributed by atoms with Crippen molar-refractivity contribution in [1.29, 1.82) is 0 Å². The van der Waals surface area contributed by atoms with Crippen LogP contribution < -0.4 is 10.1 Å². The number of aliphatic hydroxyl groups excluding tert-OH is 1. The van der Waals surface area contributed by atoms with Crippen molar-refractivity contribution in [3.8, 4) is 16.2 Å². The molecular formula is C22H19N3O3S. The number of nitrogens with zero attached hydrogens (tertiary/aromatic N) is 2. The number of anilines is 1. The van der Waals surface area contributed by atoms with E-state index in [-0.39, 0.29) is 12.6 Å². The zero-order valence-corrected chi connectivity index (χ0v) is 16.5. The number of hydrogen-bond acceptors (Lipinski definition) is 7. The first-order valence-electron chi connectivity index (χ1n) is 9.04. The van der Waals surface area contributed by atoms with Gasteiger partial charge in [0.05, 0.1) is 25.1 Å². The van der Waals surface area contributed by atoms with Crippen molar-refractivity contribution in [2.45, 2.75) is 6.04 Å². The number of aliphatic hydroxyl groups is 1. The summed E-state index contributed by atoms with van der Waals surface area (Å²) < 4.78 is 5.47. The van der Waals surface area contributed by atoms with Gasteiger partial charge in [0, 0.05) is 16.0 Å². The number of thiophene rings is 1. The Morgan fingerprint density at radius 1 is 1.17 bits per heavy atom. The fraction of sp³-hybridized carbons (Fsp3) is 0.136. The molecule has 0 spiro atoms. The molecule has 0 aliphatic carbocycles. The van der Waals surface area contributed by atoms with Crippen LogP contribution in [-0.4, -0.2) is 35.1 Å². The Bertz CT molecular complexity index is 1140. The van der Waals surface area contributed by atoms with Crippen molar-refractivity contribution in [3.05, 3.63) is 72.1 Å². The van der Waals surface area contributed by atoms with Gasteiger partial charge in [-0.1, -0.05) is 36.4 Å². The lowest BCUT2D eigenvalue weighted by Crippen LogP contribution is -2.15. The Morgan fingerprint density at radius 2 is 2.00 bits per heavy atom. The molecule has 0 fully saturated rings. The van der Waals surface area contributed by atoms with Gasteiger partial charge in [-0.25, -0.2) is 9.97 Å². The summed E-state index contributed by atoms with van der Waals surface area (Å²) in [6.45, 7) is -0.0620. The van der Waals surface area contributed by atoms with E-state index < -0.39 is 0 Å². The normalized spacial score (nSPS) is 11.9. The number of benzene rings is 2. The fourth-order valence-corrected chi connectivity index (χ4v) is 4.20. The zero-order valence-electron chi connectivity index (χ0n) is 15.7. The highest BCUT2D eigenvalue weighted by Crippen LogP contribution is 2.39. The quantitative estimate of drug-likeness (QED) is 0.445. The fourth-order valence-electron chi connectivity index (χ4n) is 3.17. The molecule has 2 N–H and O–H groups in total. The Balaban J connectivity index is 1.74. The molecule has 2 aromatic carbocycles. The number of carbonyl (C=O) groups is 1. The highest BCUT2D eigenvalue weighted by atomic mass is 32.1. The minimum atomic E-state index is -0.279. The van der Waals surface area contributed by atoms with E-state index >= 15 is 0 Å². The second-order valence-corrected chi connectivity index (χ2v) is 7.45. The van der Waals surface area contributed by atoms with Gasteiger partial charge in [0.2, 0.25) is 0 Å². The molecule has 4 aromatic rings. The molecule has 1 atom stereocenters. The largest absolute Gasteiger partial charge is 0.496 e. The molecule has 4 rings (SSSR count). The molecule has 7 heteroatoms. The van der Waals surface area contributed by atoms with Crippen molar-refractivity contribution in [2.75, 3.05) is 19.0 Å². The van der Waals surface area contributed by atoms with Gasteiger partial charge in [-0.05, 0) is 23.8 Å². The molecule has 0 aliphatic heterocycles. The van der Waals surface area contributed by atoms with Crippen molar-refractivity contribution in [2.24, 2.45) is 0 Å². The molecule has 6 nitrogen and oxygen atoms in total. The first-order chi connectivity index (χ1) is 14.2. The lowest BCUT2D eigenvalue weighted by Gasteiger charge is -2.17. The van der Waals surface area contributed by atoms with Crippen molar-refractivity contribution >= 4 is 33.7 Å². The van der Waals surface area contributed by atoms with Gasteiger partial charge in [-0.3, -0.25) is 4.79 Å². The standard InChI is InChI=1S/C22H19N3O3S/c1-28-19-9-14(11-26)7-8-16(19)20-10-17-21(23-13-24-22(17)29-20)25-18(12-27)15-5-3-2-4-6-15/h2-11,13,18,27H,12H2,1H3,(H,23,24,25). The Labute approximate surface area is 171 Å². The van der Waals surface area contributed by atoms with Crippen LogP contribution in [0.1, 0.15) is 22.0 Å². The molecule has 2 aromatic heterocycles. The van der Waals surface area contributed by atoms with Crippen LogP contribution in [0.25, 0.3) is 20.7 Å². The van der Waals surface area contributed by atoms with E-state index in [4.69, 9.17) is 4.74 Å². The first kappa shape index (κ1) is 19.0. The Hall–Kier alpha value is -3.29. The number of aromatic nitrogens is 2. The average molecular weight is 405 g/mol. The SMILES string of the molecule is COc1cc(C=O)ccc1-c1cc2c(NC(CO)c3ccccc3)ncnc2s1. The molecule has 0 amide bonds. The van der Waals surface area contributed by atoms with Crippen molar-refractivity contribution in [3.63, 3.8) is 0 Å². The predicted molar refractivity (Wildman–Crippen MR) is 115 cm³/mol. The molecule has 146 valence electrons. The van der Waals surface area contributed by atoms with Crippen LogP contribution in [-0.2, 0) is 0 Å². The molecule has 0 aliphatic rings. The van der Waals surface area contributed by atoms with Crippen LogP contribution in [0.2, 0.25) is 0 Å². The van der Waals surface area contributed by atoms with E-state index in [2.05, 4.69) is 15.3 Å². The minimum Gasteiger partial charge on any atom is -0.496 e. The number of aldehydes is 1. The van der Waals surface area contributed by atoms with E-state index in [1.54, 1.807) is 19.2 Å². The lowest BCUT2D eigenvalue weighted by molar-refractivity contribution is 0.112. The molecule has 1 unspecified atom stereocenters. The number of ether oxygens (including phenoxy) is 1. The Morgan fingerprint density at radius 3 is 2.72 bits per heavy atom. The van der Waals surface area contributed by atoms with Crippen LogP contribution in [0.3, 0.4) is 0 Å². The molecule has 0 saturated carbocycles. The summed E-state index contributed by atoms with van der Waals surface area (Å²) in [6.07, 6.45) is 2.31. The third kappa shape index (κ3) is 3.83. The number of rotatable bonds is 7. The highest BCUT2D eigenvalue weighted by Gasteiger charge is 2.17. The third-order valence-electron chi connectivity index (χ3n) is 4.65. The van der Waals surface area contributed by atoms with E-state index in [0.29, 0.717) is 17.1 Å². The summed E-state index contributed by atoms with van der Waals surface area (Å²) in [7, 11) is 1.58. The monoisotopic (exact) mass is 405 g/mol. The lowest BCUT2D eigenvalue weighted by atomic mass is 10.1. The Kier molecular flexibility index (Phi) is 5.50. The summed E-state index contributed by atoms with van der Waals surface area (Å²) in [6, 6.07) is 16.8. The van der Waals surface area contributed by atoms with E-state index in [1.165, 1.54) is 17.7 Å². The third-order valence-corrected chi connectivity index (χ3v) is 5.73. The maximum atomic E-state index is 11.1. The smallest absolute Gasteiger partial charge is 0.150 e. The van der Waals surface area contributed by atoms with E-state index in [0.717, 1.165) is 32.5 Å². The number of methoxy groups -OCH3 is 1. The molecule has 0 bridgehead atoms. The minimum absolute atomic E-state index is 0.0620. The van der Waals surface area contributed by atoms with Gasteiger partial charge in [-0.15, -0.1) is 11.3 Å². The second kappa shape index (κ2) is 8.38. The molecule has 0 radical (unpaired) electrons. The van der Waals surface area contributed by atoms with Crippen LogP contribution in [0.5, 0.6) is 5.75 Å². The van der Waals surface area contributed by atoms with Gasteiger partial charge in [0.1, 0.15) is 29.0 Å². The predicted octanol–water partition coefficient (Wildman–Crippen LogP) is 4.32. The number of fused-ring (bicyclic) bond motifs is 1. The van der Waals surface area contributed by atoms with Gasteiger partial charge in [0.15, 0.2) is 0 Å². The van der Waals surface area contributed by atoms with Crippen LogP contribution in [0, 0.1) is 0 Å². The van der Waals surface area contributed by atoms with E-state index in [1.807, 2.05) is 42.5 Å². The van der Waals surface area contributed by atoms with Gasteiger partial charge in [0.25, 0.3) is 0 Å². The summed E-state index contributed by atoms with van der Waals surface area (Å²) in [5, 5.41) is 14.1. The second-order valence-electron chi connectivity index (χ2n) is 6.42. The zero-order chi connectivity index (χ0) is 20.2. The highest BCUT2D eigenvalue weighted by molar-refractivity contribution is 7.22. The summed E-state index contributed by atoms with van der Waals surface area (Å²) in [4.78, 5) is 21.6. The van der Waals surface area contributed by atoms with Crippen LogP contribution >= 0.6 is 11.3 Å². The molecule has 0 saturated heterocycles. The number of carbonyl (C=O) groups excluding carboxylic acids is 1. The summed E-state index contributed by atoms with van der Waals surface area (Å²) >= 11 is 1.52. The average Bonchev–Trinajstić information content (AvgIpc) is 3.22. The maximum absolute atomic E-state index is 11.1. The first-order valence-corrected chi connectivity index (χ1v) is 9.85. The van der Waals surface area contributed by atoms with Gasteiger partial charge < -0.3 is 15.2 Å². The molecule has 2 heterocycles. The van der Waals surface area contributed by atoms with Crippen LogP contribution in [0.4, 0.5) is 5.82 Å². The van der Waals surface area contributed by atoms with Crippen molar-refractivity contribution in [1.82, 2.24) is 9.97 Å². The van der Waals surface area contributed by atoms with E-state index in [9.17, 15) is 9.90 Å². The molecule has 29 heavy (non-hydrogen) atoms. The summed E-state index contributed by atoms with van der Waals surface area (Å²) in [5.74, 6) is 1.28.